The number of aryl methyl sites for hydroxylation is 1. The van der Waals surface area contributed by atoms with E-state index in [1.807, 2.05) is 6.92 Å². The third-order valence-electron chi connectivity index (χ3n) is 6.86. The molecule has 6 heteroatoms. The summed E-state index contributed by atoms with van der Waals surface area (Å²) >= 11 is 1.37. The highest BCUT2D eigenvalue weighted by Crippen LogP contribution is 2.65. The number of nitrogens with zero attached hydrogens (tertiary/aromatic N) is 3. The average molecular weight is 356 g/mol. The summed E-state index contributed by atoms with van der Waals surface area (Å²) in [7, 11) is 0. The molecule has 132 valence electrons. The molecule has 2 saturated carbocycles. The largest absolute Gasteiger partial charge is 0.348 e. The van der Waals surface area contributed by atoms with E-state index >= 15 is 0 Å². The molecule has 0 radical (unpaired) electrons. The Balaban J connectivity index is 1.56. The van der Waals surface area contributed by atoms with Crippen LogP contribution in [-0.2, 0) is 0 Å². The van der Waals surface area contributed by atoms with Crippen LogP contribution in [0.3, 0.4) is 0 Å². The number of carbonyl (C=O) groups is 1. The molecule has 0 aromatic carbocycles. The zero-order valence-corrected chi connectivity index (χ0v) is 16.0. The Morgan fingerprint density at radius 1 is 1.28 bits per heavy atom. The number of hydrogen-bond donors (Lipinski definition) is 1. The van der Waals surface area contributed by atoms with E-state index in [2.05, 4.69) is 41.0 Å². The SMILES string of the molecule is Cc1nc(-c2ncccn2)sc1C(=O)NC1CC2CCC1(C)C2(C)C. The molecule has 2 aromatic rings. The first kappa shape index (κ1) is 16.6. The summed E-state index contributed by atoms with van der Waals surface area (Å²) in [5.41, 5.74) is 1.21. The zero-order valence-electron chi connectivity index (χ0n) is 15.2. The Morgan fingerprint density at radius 2 is 2.00 bits per heavy atom. The fourth-order valence-corrected chi connectivity index (χ4v) is 5.68. The van der Waals surface area contributed by atoms with Gasteiger partial charge in [-0.2, -0.15) is 0 Å². The molecule has 5 nitrogen and oxygen atoms in total. The van der Waals surface area contributed by atoms with E-state index < -0.39 is 0 Å². The van der Waals surface area contributed by atoms with Crippen LogP contribution < -0.4 is 5.32 Å². The lowest BCUT2D eigenvalue weighted by Crippen LogP contribution is -2.46. The number of fused-ring (bicyclic) bond motifs is 2. The lowest BCUT2D eigenvalue weighted by atomic mass is 9.69. The monoisotopic (exact) mass is 356 g/mol. The lowest BCUT2D eigenvalue weighted by molar-refractivity contribution is 0.0829. The quantitative estimate of drug-likeness (QED) is 0.907. The second-order valence-electron chi connectivity index (χ2n) is 8.14. The molecule has 2 fully saturated rings. The van der Waals surface area contributed by atoms with E-state index in [1.165, 1.54) is 24.2 Å². The zero-order chi connectivity index (χ0) is 17.8. The molecule has 0 saturated heterocycles. The minimum atomic E-state index is -0.00763. The summed E-state index contributed by atoms with van der Waals surface area (Å²) in [6, 6.07) is 2.02. The van der Waals surface area contributed by atoms with Gasteiger partial charge >= 0.3 is 0 Å². The molecule has 2 aromatic heterocycles. The smallest absolute Gasteiger partial charge is 0.263 e. The maximum Gasteiger partial charge on any atom is 0.263 e. The van der Waals surface area contributed by atoms with Gasteiger partial charge in [-0.05, 0) is 49.0 Å². The van der Waals surface area contributed by atoms with Gasteiger partial charge in [0.1, 0.15) is 4.88 Å². The highest BCUT2D eigenvalue weighted by atomic mass is 32.1. The van der Waals surface area contributed by atoms with Crippen LogP contribution in [0.1, 0.15) is 55.4 Å². The molecule has 4 rings (SSSR count). The highest BCUT2D eigenvalue weighted by Gasteiger charge is 2.61. The van der Waals surface area contributed by atoms with Crippen molar-refractivity contribution in [3.05, 3.63) is 29.0 Å². The lowest BCUT2D eigenvalue weighted by Gasteiger charge is -2.39. The van der Waals surface area contributed by atoms with Gasteiger partial charge in [0.05, 0.1) is 5.69 Å². The molecule has 3 unspecified atom stereocenters. The van der Waals surface area contributed by atoms with Crippen LogP contribution in [0, 0.1) is 23.7 Å². The van der Waals surface area contributed by atoms with Crippen molar-refractivity contribution >= 4 is 17.2 Å². The van der Waals surface area contributed by atoms with E-state index in [4.69, 9.17) is 0 Å². The molecule has 1 N–H and O–H groups in total. The number of amides is 1. The molecule has 25 heavy (non-hydrogen) atoms. The van der Waals surface area contributed by atoms with Crippen LogP contribution in [0.5, 0.6) is 0 Å². The fraction of sp³-hybridized carbons (Fsp3) is 0.579. The van der Waals surface area contributed by atoms with E-state index in [0.717, 1.165) is 12.1 Å². The van der Waals surface area contributed by atoms with Gasteiger partial charge in [-0.15, -0.1) is 11.3 Å². The van der Waals surface area contributed by atoms with Crippen molar-refractivity contribution in [2.45, 2.75) is 53.0 Å². The predicted octanol–water partition coefficient (Wildman–Crippen LogP) is 3.85. The van der Waals surface area contributed by atoms with Crippen molar-refractivity contribution in [3.8, 4) is 10.8 Å². The van der Waals surface area contributed by atoms with Crippen LogP contribution in [0.25, 0.3) is 10.8 Å². The first-order valence-electron chi connectivity index (χ1n) is 8.88. The summed E-state index contributed by atoms with van der Waals surface area (Å²) in [5, 5.41) is 4.02. The number of nitrogens with one attached hydrogen (secondary N) is 1. The Hall–Kier alpha value is -1.82. The molecular formula is C19H24N4OS. The van der Waals surface area contributed by atoms with Crippen molar-refractivity contribution in [1.82, 2.24) is 20.3 Å². The second-order valence-corrected chi connectivity index (χ2v) is 9.14. The van der Waals surface area contributed by atoms with E-state index in [0.29, 0.717) is 21.6 Å². The minimum absolute atomic E-state index is 0.00763. The Bertz CT molecular complexity index is 816. The summed E-state index contributed by atoms with van der Waals surface area (Å²) in [4.78, 5) is 26.6. The maximum atomic E-state index is 12.9. The summed E-state index contributed by atoms with van der Waals surface area (Å²) < 4.78 is 0. The van der Waals surface area contributed by atoms with Gasteiger partial charge < -0.3 is 5.32 Å². The molecule has 0 aliphatic heterocycles. The molecule has 2 bridgehead atoms. The molecular weight excluding hydrogens is 332 g/mol. The second kappa shape index (κ2) is 5.59. The van der Waals surface area contributed by atoms with Crippen LogP contribution in [0.15, 0.2) is 18.5 Å². The number of thiazole rings is 1. The van der Waals surface area contributed by atoms with E-state index in [9.17, 15) is 4.79 Å². The van der Waals surface area contributed by atoms with E-state index in [-0.39, 0.29) is 22.8 Å². The van der Waals surface area contributed by atoms with Crippen molar-refractivity contribution in [2.24, 2.45) is 16.7 Å². The summed E-state index contributed by atoms with van der Waals surface area (Å²) in [5.74, 6) is 1.27. The van der Waals surface area contributed by atoms with Gasteiger partial charge in [0.15, 0.2) is 10.8 Å². The maximum absolute atomic E-state index is 12.9. The minimum Gasteiger partial charge on any atom is -0.348 e. The Morgan fingerprint density at radius 3 is 2.60 bits per heavy atom. The molecule has 3 atom stereocenters. The number of aromatic nitrogens is 3. The van der Waals surface area contributed by atoms with Crippen LogP contribution in [0.2, 0.25) is 0 Å². The van der Waals surface area contributed by atoms with Gasteiger partial charge in [-0.25, -0.2) is 15.0 Å². The van der Waals surface area contributed by atoms with Crippen molar-refractivity contribution in [1.29, 1.82) is 0 Å². The highest BCUT2D eigenvalue weighted by molar-refractivity contribution is 7.17. The van der Waals surface area contributed by atoms with E-state index in [1.54, 1.807) is 18.5 Å². The van der Waals surface area contributed by atoms with Crippen molar-refractivity contribution < 1.29 is 4.79 Å². The van der Waals surface area contributed by atoms with Gasteiger partial charge in [0.25, 0.3) is 5.91 Å². The van der Waals surface area contributed by atoms with Crippen molar-refractivity contribution in [2.75, 3.05) is 0 Å². The number of carbonyl (C=O) groups excluding carboxylic acids is 1. The van der Waals surface area contributed by atoms with Crippen LogP contribution in [-0.4, -0.2) is 26.9 Å². The first-order chi connectivity index (χ1) is 11.8. The number of rotatable bonds is 3. The van der Waals surface area contributed by atoms with Crippen molar-refractivity contribution in [3.63, 3.8) is 0 Å². The van der Waals surface area contributed by atoms with Crippen LogP contribution >= 0.6 is 11.3 Å². The predicted molar refractivity (Wildman–Crippen MR) is 98.4 cm³/mol. The molecule has 2 aliphatic rings. The standard InChI is InChI=1S/C19H24N4OS/c1-11-14(25-17(22-11)15-20-8-5-9-21-15)16(24)23-13-10-12-6-7-19(13,4)18(12,2)3/h5,8-9,12-13H,6-7,10H2,1-4H3,(H,23,24). The summed E-state index contributed by atoms with van der Waals surface area (Å²) in [6.07, 6.45) is 6.95. The Labute approximate surface area is 152 Å². The van der Waals surface area contributed by atoms with Gasteiger partial charge in [-0.3, -0.25) is 4.79 Å². The molecule has 1 amide bonds. The van der Waals surface area contributed by atoms with Crippen LogP contribution in [0.4, 0.5) is 0 Å². The first-order valence-corrected chi connectivity index (χ1v) is 9.70. The third kappa shape index (κ3) is 2.41. The topological polar surface area (TPSA) is 67.8 Å². The summed E-state index contributed by atoms with van der Waals surface area (Å²) in [6.45, 7) is 8.94. The van der Waals surface area contributed by atoms with Gasteiger partial charge in [0.2, 0.25) is 0 Å². The molecule has 2 aliphatic carbocycles. The van der Waals surface area contributed by atoms with Gasteiger partial charge in [0, 0.05) is 18.4 Å². The average Bonchev–Trinajstić information content (AvgIpc) is 3.14. The molecule has 2 heterocycles. The van der Waals surface area contributed by atoms with Gasteiger partial charge in [-0.1, -0.05) is 20.8 Å². The third-order valence-corrected chi connectivity index (χ3v) is 8.01. The Kier molecular flexibility index (Phi) is 3.72. The number of hydrogen-bond acceptors (Lipinski definition) is 5. The normalized spacial score (nSPS) is 29.8. The fourth-order valence-electron chi connectivity index (χ4n) is 4.76. The molecule has 0 spiro atoms.